The molecule has 0 heterocycles. The molecule has 3 nitrogen and oxygen atoms in total. The largest absolute Gasteiger partial charge is 0.493 e. The minimum Gasteiger partial charge on any atom is -0.493 e. The Kier molecular flexibility index (Phi) is 6.41. The van der Waals surface area contributed by atoms with E-state index in [4.69, 9.17) is 4.74 Å². The zero-order chi connectivity index (χ0) is 19.4. The van der Waals surface area contributed by atoms with E-state index in [1.54, 1.807) is 0 Å². The highest BCUT2D eigenvalue weighted by molar-refractivity contribution is 5.78. The molecule has 0 spiro atoms. The molecule has 0 atom stereocenters. The molecule has 1 fully saturated rings. The molecule has 1 N–H and O–H groups in total. The summed E-state index contributed by atoms with van der Waals surface area (Å²) in [4.78, 5) is 11.8. The second-order valence-corrected chi connectivity index (χ2v) is 6.22. The fraction of sp³-hybridized carbons (Fsp3) is 0.588. The quantitative estimate of drug-likeness (QED) is 0.566. The number of hydrogen-bond donors (Lipinski definition) is 1. The summed E-state index contributed by atoms with van der Waals surface area (Å²) in [6.45, 7) is 0.143. The summed E-state index contributed by atoms with van der Waals surface area (Å²) in [5, 5.41) is 2.70. The van der Waals surface area contributed by atoms with E-state index in [9.17, 15) is 31.1 Å². The number of amides is 1. The number of nitrogens with one attached hydrogen (secondary N) is 1. The van der Waals surface area contributed by atoms with Crippen LogP contribution in [0, 0.1) is 5.92 Å². The number of rotatable bonds is 6. The lowest BCUT2D eigenvalue weighted by molar-refractivity contribution is -0.143. The maximum atomic E-state index is 12.7. The van der Waals surface area contributed by atoms with Crippen LogP contribution in [0.1, 0.15) is 43.2 Å². The molecular weight excluding hydrogens is 364 g/mol. The molecule has 0 unspecified atom stereocenters. The van der Waals surface area contributed by atoms with Crippen LogP contribution in [0.5, 0.6) is 5.75 Å². The first-order valence-electron chi connectivity index (χ1n) is 8.27. The predicted molar refractivity (Wildman–Crippen MR) is 81.5 cm³/mol. The molecule has 0 aromatic heterocycles. The van der Waals surface area contributed by atoms with Gasteiger partial charge in [-0.05, 0) is 37.5 Å². The Balaban J connectivity index is 1.89. The van der Waals surface area contributed by atoms with Gasteiger partial charge in [-0.3, -0.25) is 4.79 Å². The summed E-state index contributed by atoms with van der Waals surface area (Å²) in [5.41, 5.74) is -2.84. The van der Waals surface area contributed by atoms with Gasteiger partial charge in [-0.25, -0.2) is 0 Å². The lowest BCUT2D eigenvalue weighted by Gasteiger charge is -2.15. The van der Waals surface area contributed by atoms with E-state index in [2.05, 4.69) is 5.32 Å². The third-order valence-corrected chi connectivity index (χ3v) is 4.18. The molecule has 1 aromatic rings. The van der Waals surface area contributed by atoms with E-state index in [0.717, 1.165) is 25.7 Å². The molecule has 1 aromatic carbocycles. The standard InChI is InChI=1S/C17H19F6NO2/c18-16(19,20)12-8-13(17(21,22)23)10-14(9-12)26-7-3-6-24-15(25)11-4-1-2-5-11/h8-11H,1-7H2,(H,24,25). The summed E-state index contributed by atoms with van der Waals surface area (Å²) in [5.74, 6) is -0.580. The minimum atomic E-state index is -4.91. The van der Waals surface area contributed by atoms with Crippen LogP contribution in [-0.4, -0.2) is 19.1 Å². The number of ether oxygens (including phenoxy) is 1. The molecular formula is C17H19F6NO2. The Morgan fingerprint density at radius 1 is 1.00 bits per heavy atom. The van der Waals surface area contributed by atoms with Crippen LogP contribution in [0.2, 0.25) is 0 Å². The molecule has 0 bridgehead atoms. The second kappa shape index (κ2) is 8.18. The van der Waals surface area contributed by atoms with Crippen molar-refractivity contribution in [2.75, 3.05) is 13.2 Å². The summed E-state index contributed by atoms with van der Waals surface area (Å²) >= 11 is 0. The number of carbonyl (C=O) groups is 1. The summed E-state index contributed by atoms with van der Waals surface area (Å²) in [6, 6.07) is 1.12. The van der Waals surface area contributed by atoms with Gasteiger partial charge in [0.05, 0.1) is 17.7 Å². The zero-order valence-corrected chi connectivity index (χ0v) is 13.8. The fourth-order valence-electron chi connectivity index (χ4n) is 2.82. The van der Waals surface area contributed by atoms with Gasteiger partial charge in [0, 0.05) is 12.5 Å². The van der Waals surface area contributed by atoms with Crippen molar-refractivity contribution in [1.82, 2.24) is 5.32 Å². The van der Waals surface area contributed by atoms with Crippen molar-refractivity contribution in [1.29, 1.82) is 0 Å². The van der Waals surface area contributed by atoms with Crippen molar-refractivity contribution < 1.29 is 35.9 Å². The fourth-order valence-corrected chi connectivity index (χ4v) is 2.82. The Hall–Kier alpha value is -1.93. The molecule has 1 aliphatic carbocycles. The van der Waals surface area contributed by atoms with Crippen LogP contribution in [0.4, 0.5) is 26.3 Å². The van der Waals surface area contributed by atoms with Gasteiger partial charge in [-0.15, -0.1) is 0 Å². The second-order valence-electron chi connectivity index (χ2n) is 6.22. The normalized spacial score (nSPS) is 15.9. The van der Waals surface area contributed by atoms with Gasteiger partial charge in [0.15, 0.2) is 0 Å². The molecule has 26 heavy (non-hydrogen) atoms. The van der Waals surface area contributed by atoms with Crippen molar-refractivity contribution in [3.05, 3.63) is 29.3 Å². The van der Waals surface area contributed by atoms with Crippen molar-refractivity contribution in [3.8, 4) is 5.75 Å². The SMILES string of the molecule is O=C(NCCCOc1cc(C(F)(F)F)cc(C(F)(F)F)c1)C1CCCC1. The van der Waals surface area contributed by atoms with Crippen molar-refractivity contribution in [2.24, 2.45) is 5.92 Å². The predicted octanol–water partition coefficient (Wildman–Crippen LogP) is 4.80. The van der Waals surface area contributed by atoms with E-state index in [0.29, 0.717) is 12.1 Å². The van der Waals surface area contributed by atoms with Crippen LogP contribution >= 0.6 is 0 Å². The lowest BCUT2D eigenvalue weighted by atomic mass is 10.1. The smallest absolute Gasteiger partial charge is 0.416 e. The number of benzene rings is 1. The van der Waals surface area contributed by atoms with Crippen molar-refractivity contribution in [2.45, 2.75) is 44.5 Å². The van der Waals surface area contributed by atoms with Gasteiger partial charge < -0.3 is 10.1 Å². The van der Waals surface area contributed by atoms with E-state index in [1.807, 2.05) is 0 Å². The van der Waals surface area contributed by atoms with E-state index < -0.39 is 29.2 Å². The third-order valence-electron chi connectivity index (χ3n) is 4.18. The Labute approximate surface area is 146 Å². The van der Waals surface area contributed by atoms with Crippen LogP contribution < -0.4 is 10.1 Å². The number of carbonyl (C=O) groups excluding carboxylic acids is 1. The van der Waals surface area contributed by atoms with Crippen LogP contribution in [-0.2, 0) is 17.1 Å². The molecule has 1 saturated carbocycles. The maximum absolute atomic E-state index is 12.7. The lowest BCUT2D eigenvalue weighted by Crippen LogP contribution is -2.30. The van der Waals surface area contributed by atoms with E-state index >= 15 is 0 Å². The van der Waals surface area contributed by atoms with Crippen molar-refractivity contribution in [3.63, 3.8) is 0 Å². The monoisotopic (exact) mass is 383 g/mol. The van der Waals surface area contributed by atoms with Gasteiger partial charge in [0.1, 0.15) is 5.75 Å². The Bertz CT molecular complexity index is 588. The molecule has 0 radical (unpaired) electrons. The summed E-state index contributed by atoms with van der Waals surface area (Å²) in [6.07, 6.45) is -5.84. The number of hydrogen-bond acceptors (Lipinski definition) is 2. The summed E-state index contributed by atoms with van der Waals surface area (Å²) in [7, 11) is 0. The molecule has 0 aliphatic heterocycles. The topological polar surface area (TPSA) is 38.3 Å². The van der Waals surface area contributed by atoms with Crippen LogP contribution in [0.25, 0.3) is 0 Å². The van der Waals surface area contributed by atoms with Gasteiger partial charge in [-0.1, -0.05) is 12.8 Å². The van der Waals surface area contributed by atoms with Gasteiger partial charge in [-0.2, -0.15) is 26.3 Å². The maximum Gasteiger partial charge on any atom is 0.416 e. The van der Waals surface area contributed by atoms with Crippen molar-refractivity contribution >= 4 is 5.91 Å². The van der Waals surface area contributed by atoms with Crippen LogP contribution in [0.3, 0.4) is 0 Å². The molecule has 1 amide bonds. The molecule has 146 valence electrons. The highest BCUT2D eigenvalue weighted by atomic mass is 19.4. The first-order valence-corrected chi connectivity index (χ1v) is 8.27. The average Bonchev–Trinajstić information content (AvgIpc) is 3.07. The van der Waals surface area contributed by atoms with E-state index in [-0.39, 0.29) is 37.5 Å². The minimum absolute atomic E-state index is 0.00581. The van der Waals surface area contributed by atoms with Gasteiger partial charge in [0.2, 0.25) is 5.91 Å². The average molecular weight is 383 g/mol. The molecule has 2 rings (SSSR count). The van der Waals surface area contributed by atoms with Crippen LogP contribution in [0.15, 0.2) is 18.2 Å². The molecule has 1 aliphatic rings. The third kappa shape index (κ3) is 5.81. The first kappa shape index (κ1) is 20.4. The highest BCUT2D eigenvalue weighted by Gasteiger charge is 2.37. The van der Waals surface area contributed by atoms with E-state index in [1.165, 1.54) is 0 Å². The molecule has 0 saturated heterocycles. The molecule has 9 heteroatoms. The highest BCUT2D eigenvalue weighted by Crippen LogP contribution is 2.38. The number of halogens is 6. The van der Waals surface area contributed by atoms with Gasteiger partial charge >= 0.3 is 12.4 Å². The number of alkyl halides is 6. The first-order chi connectivity index (χ1) is 12.1. The zero-order valence-electron chi connectivity index (χ0n) is 13.8. The Morgan fingerprint density at radius 3 is 2.04 bits per heavy atom. The Morgan fingerprint density at radius 2 is 1.54 bits per heavy atom. The van der Waals surface area contributed by atoms with Gasteiger partial charge in [0.25, 0.3) is 0 Å². The summed E-state index contributed by atoms with van der Waals surface area (Å²) < 4.78 is 81.5.